The average molecular weight is 271 g/mol. The van der Waals surface area contributed by atoms with Gasteiger partial charge in [-0.3, -0.25) is 4.79 Å². The smallest absolute Gasteiger partial charge is 0.234 e. The van der Waals surface area contributed by atoms with Gasteiger partial charge in [-0.15, -0.1) is 11.8 Å². The summed E-state index contributed by atoms with van der Waals surface area (Å²) in [6, 6.07) is 16.6. The summed E-state index contributed by atoms with van der Waals surface area (Å²) in [6.45, 7) is 0. The van der Waals surface area contributed by atoms with Crippen molar-refractivity contribution in [2.75, 3.05) is 11.1 Å². The van der Waals surface area contributed by atoms with Gasteiger partial charge in [0.15, 0.2) is 0 Å². The van der Waals surface area contributed by atoms with E-state index in [9.17, 15) is 4.79 Å². The van der Waals surface area contributed by atoms with Gasteiger partial charge in [0, 0.05) is 10.6 Å². The van der Waals surface area contributed by atoms with E-state index in [1.165, 1.54) is 11.8 Å². The van der Waals surface area contributed by atoms with E-state index in [1.54, 1.807) is 12.1 Å². The molecule has 2 aromatic rings. The van der Waals surface area contributed by atoms with Crippen molar-refractivity contribution in [3.8, 4) is 0 Å². The van der Waals surface area contributed by atoms with Crippen LogP contribution >= 0.6 is 11.8 Å². The standard InChI is InChI=1S/C14H13N3OS/c15-17-12-6-8-13(9-7-12)19-10-14(18)16-11-4-2-1-3-5-11/h1-9,15H,10H2,(H,16,18). The molecule has 0 unspecified atom stereocenters. The molecular formula is C14H13N3OS. The lowest BCUT2D eigenvalue weighted by Crippen LogP contribution is -2.13. The number of carbonyl (C=O) groups is 1. The quantitative estimate of drug-likeness (QED) is 0.635. The zero-order chi connectivity index (χ0) is 13.5. The van der Waals surface area contributed by atoms with Crippen molar-refractivity contribution >= 4 is 29.0 Å². The number of benzene rings is 2. The number of rotatable bonds is 5. The monoisotopic (exact) mass is 271 g/mol. The van der Waals surface area contributed by atoms with E-state index in [-0.39, 0.29) is 5.91 Å². The van der Waals surface area contributed by atoms with Crippen molar-refractivity contribution in [3.05, 3.63) is 54.6 Å². The Kier molecular flexibility index (Phi) is 4.69. The first kappa shape index (κ1) is 13.3. The lowest BCUT2D eigenvalue weighted by Gasteiger charge is -2.04. The van der Waals surface area contributed by atoms with Gasteiger partial charge in [-0.05, 0) is 36.4 Å². The minimum Gasteiger partial charge on any atom is -0.325 e. The summed E-state index contributed by atoms with van der Waals surface area (Å²) in [5.74, 6) is 0.317. The van der Waals surface area contributed by atoms with Crippen LogP contribution < -0.4 is 5.32 Å². The summed E-state index contributed by atoms with van der Waals surface area (Å²) in [4.78, 5) is 12.7. The van der Waals surface area contributed by atoms with Crippen molar-refractivity contribution in [1.29, 1.82) is 5.53 Å². The normalized spacial score (nSPS) is 9.89. The molecule has 0 radical (unpaired) electrons. The number of amides is 1. The maximum Gasteiger partial charge on any atom is 0.234 e. The van der Waals surface area contributed by atoms with Crippen LogP contribution in [-0.2, 0) is 4.79 Å². The number of hydrogen-bond acceptors (Lipinski definition) is 4. The van der Waals surface area contributed by atoms with E-state index in [1.807, 2.05) is 42.5 Å². The van der Waals surface area contributed by atoms with Gasteiger partial charge in [0.2, 0.25) is 5.91 Å². The summed E-state index contributed by atoms with van der Waals surface area (Å²) in [5.41, 5.74) is 8.28. The molecule has 2 rings (SSSR count). The van der Waals surface area contributed by atoms with Gasteiger partial charge in [0.05, 0.1) is 11.4 Å². The van der Waals surface area contributed by atoms with Crippen LogP contribution in [0.1, 0.15) is 0 Å². The first-order valence-corrected chi connectivity index (χ1v) is 6.72. The Bertz CT molecular complexity index is 555. The van der Waals surface area contributed by atoms with Crippen LogP contribution in [0.3, 0.4) is 0 Å². The van der Waals surface area contributed by atoms with Crippen molar-refractivity contribution in [2.24, 2.45) is 5.11 Å². The minimum atomic E-state index is -0.0366. The van der Waals surface area contributed by atoms with Gasteiger partial charge in [0.1, 0.15) is 0 Å². The summed E-state index contributed by atoms with van der Waals surface area (Å²) < 4.78 is 0. The SMILES string of the molecule is N=Nc1ccc(SCC(=O)Nc2ccccc2)cc1. The third-order valence-electron chi connectivity index (χ3n) is 2.39. The van der Waals surface area contributed by atoms with Gasteiger partial charge in [-0.25, -0.2) is 5.53 Å². The van der Waals surface area contributed by atoms with Crippen molar-refractivity contribution in [2.45, 2.75) is 4.90 Å². The highest BCUT2D eigenvalue weighted by atomic mass is 32.2. The summed E-state index contributed by atoms with van der Waals surface area (Å²) in [6.07, 6.45) is 0. The van der Waals surface area contributed by atoms with Crippen molar-refractivity contribution in [1.82, 2.24) is 0 Å². The molecule has 2 aromatic carbocycles. The predicted octanol–water partition coefficient (Wildman–Crippen LogP) is 4.08. The molecule has 0 heterocycles. The average Bonchev–Trinajstić information content (AvgIpc) is 2.47. The molecule has 2 N–H and O–H groups in total. The van der Waals surface area contributed by atoms with Gasteiger partial charge >= 0.3 is 0 Å². The highest BCUT2D eigenvalue weighted by Gasteiger charge is 2.03. The van der Waals surface area contributed by atoms with Gasteiger partial charge in [0.25, 0.3) is 0 Å². The number of thioether (sulfide) groups is 1. The van der Waals surface area contributed by atoms with E-state index in [2.05, 4.69) is 10.4 Å². The molecule has 0 aromatic heterocycles. The number of nitrogens with zero attached hydrogens (tertiary/aromatic N) is 1. The van der Waals surface area contributed by atoms with Crippen molar-refractivity contribution in [3.63, 3.8) is 0 Å². The lowest BCUT2D eigenvalue weighted by molar-refractivity contribution is -0.113. The Labute approximate surface area is 115 Å². The molecule has 0 aliphatic heterocycles. The molecular weight excluding hydrogens is 258 g/mol. The summed E-state index contributed by atoms with van der Waals surface area (Å²) in [5, 5.41) is 6.15. The fraction of sp³-hybridized carbons (Fsp3) is 0.0714. The van der Waals surface area contributed by atoms with Gasteiger partial charge < -0.3 is 5.32 Å². The second-order valence-electron chi connectivity index (χ2n) is 3.81. The molecule has 1 amide bonds. The van der Waals surface area contributed by atoms with E-state index < -0.39 is 0 Å². The topological polar surface area (TPSA) is 65.3 Å². The van der Waals surface area contributed by atoms with Crippen LogP contribution in [0.25, 0.3) is 0 Å². The Morgan fingerprint density at radius 3 is 2.42 bits per heavy atom. The van der Waals surface area contributed by atoms with E-state index in [4.69, 9.17) is 5.53 Å². The molecule has 0 saturated heterocycles. The van der Waals surface area contributed by atoms with E-state index in [0.717, 1.165) is 10.6 Å². The molecule has 4 nitrogen and oxygen atoms in total. The van der Waals surface area contributed by atoms with Crippen LogP contribution in [0.4, 0.5) is 11.4 Å². The molecule has 0 aliphatic carbocycles. The first-order valence-electron chi connectivity index (χ1n) is 5.73. The van der Waals surface area contributed by atoms with Gasteiger partial charge in [-0.1, -0.05) is 18.2 Å². The molecule has 0 saturated carbocycles. The van der Waals surface area contributed by atoms with Crippen LogP contribution in [0.2, 0.25) is 0 Å². The number of nitrogens with one attached hydrogen (secondary N) is 2. The number of para-hydroxylation sites is 1. The Hall–Kier alpha value is -2.14. The molecule has 0 aliphatic rings. The van der Waals surface area contributed by atoms with Gasteiger partial charge in [-0.2, -0.15) is 5.11 Å². The first-order chi connectivity index (χ1) is 9.28. The van der Waals surface area contributed by atoms with Crippen LogP contribution in [-0.4, -0.2) is 11.7 Å². The fourth-order valence-corrected chi connectivity index (χ4v) is 2.18. The Morgan fingerprint density at radius 1 is 1.11 bits per heavy atom. The van der Waals surface area contributed by atoms with Crippen LogP contribution in [0.5, 0.6) is 0 Å². The predicted molar refractivity (Wildman–Crippen MR) is 77.0 cm³/mol. The summed E-state index contributed by atoms with van der Waals surface area (Å²) >= 11 is 1.45. The zero-order valence-electron chi connectivity index (χ0n) is 10.2. The third kappa shape index (κ3) is 4.22. The molecule has 96 valence electrons. The molecule has 0 bridgehead atoms. The number of hydrogen-bond donors (Lipinski definition) is 2. The zero-order valence-corrected chi connectivity index (χ0v) is 11.0. The van der Waals surface area contributed by atoms with E-state index >= 15 is 0 Å². The lowest BCUT2D eigenvalue weighted by atomic mass is 10.3. The van der Waals surface area contributed by atoms with Crippen LogP contribution in [0, 0.1) is 5.53 Å². The molecule has 0 atom stereocenters. The van der Waals surface area contributed by atoms with Crippen molar-refractivity contribution < 1.29 is 4.79 Å². The highest BCUT2D eigenvalue weighted by Crippen LogP contribution is 2.21. The fourth-order valence-electron chi connectivity index (χ4n) is 1.48. The molecule has 19 heavy (non-hydrogen) atoms. The Balaban J connectivity index is 1.84. The molecule has 5 heteroatoms. The highest BCUT2D eigenvalue weighted by molar-refractivity contribution is 8.00. The largest absolute Gasteiger partial charge is 0.325 e. The second-order valence-corrected chi connectivity index (χ2v) is 4.86. The summed E-state index contributed by atoms with van der Waals surface area (Å²) in [7, 11) is 0. The van der Waals surface area contributed by atoms with Crippen LogP contribution in [0.15, 0.2) is 64.6 Å². The van der Waals surface area contributed by atoms with E-state index in [0.29, 0.717) is 11.4 Å². The Morgan fingerprint density at radius 2 is 1.79 bits per heavy atom. The third-order valence-corrected chi connectivity index (χ3v) is 3.41. The minimum absolute atomic E-state index is 0.0366. The second kappa shape index (κ2) is 6.70. The molecule has 0 fully saturated rings. The number of carbonyl (C=O) groups excluding carboxylic acids is 1. The molecule has 0 spiro atoms. The maximum absolute atomic E-state index is 11.7. The maximum atomic E-state index is 11.7. The number of anilines is 1.